The Bertz CT molecular complexity index is 789. The molecule has 1 atom stereocenters. The first kappa shape index (κ1) is 24.9. The highest BCUT2D eigenvalue weighted by Gasteiger charge is 2.34. The number of hydrogen-bond donors (Lipinski definition) is 3. The molecule has 1 fully saturated rings. The molecule has 0 radical (unpaired) electrons. The topological polar surface area (TPSA) is 75.1 Å². The Morgan fingerprint density at radius 2 is 2.07 bits per heavy atom. The Kier molecular flexibility index (Phi) is 10.4. The van der Waals surface area contributed by atoms with Crippen LogP contribution < -0.4 is 15.4 Å². The quantitative estimate of drug-likeness (QED) is 0.254. The number of halogens is 1. The number of nitrogens with one attached hydrogen (secondary N) is 2. The summed E-state index contributed by atoms with van der Waals surface area (Å²) in [6.07, 6.45) is 1.71. The number of aliphatic hydroxyl groups excluding tert-OH is 1. The summed E-state index contributed by atoms with van der Waals surface area (Å²) in [5, 5.41) is 18.3. The van der Waals surface area contributed by atoms with E-state index < -0.39 is 0 Å². The standard InChI is InChI=1S/C22H31N3O3S.HI/c1-3-23-21(25-15-22(8-10-26)9-11-28-16-22)24-13-20-12-18(14-29-20)17-4-6-19(27-2)7-5-17;/h4-7,12,14,26H,3,8-11,13,15-16H2,1-2H3,(H2,23,24,25);1H. The summed E-state index contributed by atoms with van der Waals surface area (Å²) in [4.78, 5) is 5.96. The van der Waals surface area contributed by atoms with Crippen molar-refractivity contribution in [2.45, 2.75) is 26.3 Å². The largest absolute Gasteiger partial charge is 0.497 e. The molecule has 0 aliphatic carbocycles. The summed E-state index contributed by atoms with van der Waals surface area (Å²) in [6.45, 7) is 5.88. The molecule has 0 amide bonds. The number of aliphatic imine (C=N–C) groups is 1. The van der Waals surface area contributed by atoms with Crippen molar-refractivity contribution in [1.82, 2.24) is 10.6 Å². The van der Waals surface area contributed by atoms with Crippen molar-refractivity contribution in [2.24, 2.45) is 10.4 Å². The monoisotopic (exact) mass is 545 g/mol. The Hall–Kier alpha value is -1.36. The SMILES string of the molecule is CCNC(=NCc1cc(-c2ccc(OC)cc2)cs1)NCC1(CCO)CCOC1.I. The highest BCUT2D eigenvalue weighted by molar-refractivity contribution is 14.0. The van der Waals surface area contributed by atoms with Crippen LogP contribution in [0.4, 0.5) is 0 Å². The molecule has 1 aliphatic heterocycles. The number of guanidine groups is 1. The normalized spacial score (nSPS) is 18.7. The summed E-state index contributed by atoms with van der Waals surface area (Å²) in [6, 6.07) is 10.3. The van der Waals surface area contributed by atoms with Crippen LogP contribution in [0.15, 0.2) is 40.7 Å². The molecule has 6 nitrogen and oxygen atoms in total. The highest BCUT2D eigenvalue weighted by atomic mass is 127. The predicted molar refractivity (Wildman–Crippen MR) is 134 cm³/mol. The first-order chi connectivity index (χ1) is 14.2. The van der Waals surface area contributed by atoms with E-state index in [0.29, 0.717) is 13.2 Å². The van der Waals surface area contributed by atoms with E-state index in [2.05, 4.69) is 41.1 Å². The smallest absolute Gasteiger partial charge is 0.191 e. The number of nitrogens with zero attached hydrogens (tertiary/aromatic N) is 1. The molecule has 1 aromatic heterocycles. The molecule has 166 valence electrons. The number of methoxy groups -OCH3 is 1. The number of hydrogen-bond acceptors (Lipinski definition) is 5. The van der Waals surface area contributed by atoms with Crippen LogP contribution in [0.25, 0.3) is 11.1 Å². The average molecular weight is 545 g/mol. The molecule has 8 heteroatoms. The lowest BCUT2D eigenvalue weighted by Gasteiger charge is -2.27. The highest BCUT2D eigenvalue weighted by Crippen LogP contribution is 2.31. The van der Waals surface area contributed by atoms with Gasteiger partial charge in [0.05, 0.1) is 20.3 Å². The van der Waals surface area contributed by atoms with Gasteiger partial charge in [-0.3, -0.25) is 0 Å². The molecule has 1 unspecified atom stereocenters. The Balaban J connectivity index is 0.00000320. The summed E-state index contributed by atoms with van der Waals surface area (Å²) >= 11 is 1.72. The van der Waals surface area contributed by atoms with Crippen molar-refractivity contribution in [3.8, 4) is 16.9 Å². The summed E-state index contributed by atoms with van der Waals surface area (Å²) < 4.78 is 10.8. The Labute approximate surface area is 200 Å². The van der Waals surface area contributed by atoms with Gasteiger partial charge in [-0.05, 0) is 54.5 Å². The number of thiophene rings is 1. The van der Waals surface area contributed by atoms with Gasteiger partial charge in [0.2, 0.25) is 0 Å². The van der Waals surface area contributed by atoms with Gasteiger partial charge in [0, 0.05) is 36.6 Å². The molecule has 3 N–H and O–H groups in total. The van der Waals surface area contributed by atoms with Gasteiger partial charge in [-0.2, -0.15) is 0 Å². The van der Waals surface area contributed by atoms with Gasteiger partial charge in [-0.25, -0.2) is 4.99 Å². The molecule has 30 heavy (non-hydrogen) atoms. The molecule has 2 aromatic rings. The zero-order chi connectivity index (χ0) is 20.5. The van der Waals surface area contributed by atoms with E-state index in [1.165, 1.54) is 16.0 Å². The number of ether oxygens (including phenoxy) is 2. The van der Waals surface area contributed by atoms with Gasteiger partial charge in [0.15, 0.2) is 5.96 Å². The van der Waals surface area contributed by atoms with E-state index >= 15 is 0 Å². The van der Waals surface area contributed by atoms with E-state index in [9.17, 15) is 5.11 Å². The van der Waals surface area contributed by atoms with Crippen molar-refractivity contribution >= 4 is 41.3 Å². The van der Waals surface area contributed by atoms with Crippen LogP contribution in [-0.4, -0.2) is 51.1 Å². The van der Waals surface area contributed by atoms with Gasteiger partial charge in [0.1, 0.15) is 5.75 Å². The Morgan fingerprint density at radius 1 is 1.27 bits per heavy atom. The fourth-order valence-electron chi connectivity index (χ4n) is 3.48. The predicted octanol–water partition coefficient (Wildman–Crippen LogP) is 3.89. The van der Waals surface area contributed by atoms with Crippen molar-refractivity contribution in [2.75, 3.05) is 40.0 Å². The first-order valence-electron chi connectivity index (χ1n) is 10.1. The van der Waals surface area contributed by atoms with Crippen LogP contribution in [0.1, 0.15) is 24.6 Å². The van der Waals surface area contributed by atoms with Gasteiger partial charge in [-0.15, -0.1) is 35.3 Å². The lowest BCUT2D eigenvalue weighted by Crippen LogP contribution is -2.44. The maximum absolute atomic E-state index is 9.40. The van der Waals surface area contributed by atoms with E-state index in [-0.39, 0.29) is 36.0 Å². The number of aliphatic hydroxyl groups is 1. The average Bonchev–Trinajstić information content (AvgIpc) is 3.41. The van der Waals surface area contributed by atoms with Crippen LogP contribution in [-0.2, 0) is 11.3 Å². The van der Waals surface area contributed by atoms with Gasteiger partial charge < -0.3 is 25.2 Å². The summed E-state index contributed by atoms with van der Waals surface area (Å²) in [7, 11) is 1.68. The molecular formula is C22H32IN3O3S. The third-order valence-electron chi connectivity index (χ3n) is 5.27. The molecule has 2 heterocycles. The molecule has 0 saturated carbocycles. The van der Waals surface area contributed by atoms with Crippen LogP contribution in [0.5, 0.6) is 5.75 Å². The zero-order valence-corrected chi connectivity index (χ0v) is 20.8. The van der Waals surface area contributed by atoms with Crippen LogP contribution in [0.3, 0.4) is 0 Å². The van der Waals surface area contributed by atoms with Gasteiger partial charge >= 0.3 is 0 Å². The third kappa shape index (κ3) is 6.83. The second-order valence-electron chi connectivity index (χ2n) is 7.36. The zero-order valence-electron chi connectivity index (χ0n) is 17.6. The molecule has 0 spiro atoms. The number of rotatable bonds is 9. The summed E-state index contributed by atoms with van der Waals surface area (Å²) in [5.74, 6) is 1.66. The van der Waals surface area contributed by atoms with Crippen LogP contribution in [0, 0.1) is 5.41 Å². The van der Waals surface area contributed by atoms with Crippen molar-refractivity contribution in [3.05, 3.63) is 40.6 Å². The van der Waals surface area contributed by atoms with E-state index in [1.54, 1.807) is 18.4 Å². The van der Waals surface area contributed by atoms with Crippen LogP contribution >= 0.6 is 35.3 Å². The van der Waals surface area contributed by atoms with Gasteiger partial charge in [-0.1, -0.05) is 12.1 Å². The van der Waals surface area contributed by atoms with E-state index in [1.807, 2.05) is 12.1 Å². The molecule has 1 aromatic carbocycles. The lowest BCUT2D eigenvalue weighted by atomic mass is 9.84. The summed E-state index contributed by atoms with van der Waals surface area (Å²) in [5.41, 5.74) is 2.37. The van der Waals surface area contributed by atoms with E-state index in [0.717, 1.165) is 44.2 Å². The van der Waals surface area contributed by atoms with Crippen molar-refractivity contribution in [3.63, 3.8) is 0 Å². The Morgan fingerprint density at radius 3 is 2.70 bits per heavy atom. The number of benzene rings is 1. The fraction of sp³-hybridized carbons (Fsp3) is 0.500. The van der Waals surface area contributed by atoms with Crippen LogP contribution in [0.2, 0.25) is 0 Å². The fourth-order valence-corrected chi connectivity index (χ4v) is 4.30. The minimum absolute atomic E-state index is 0. The second-order valence-corrected chi connectivity index (χ2v) is 8.35. The molecule has 0 bridgehead atoms. The molecule has 3 rings (SSSR count). The van der Waals surface area contributed by atoms with Crippen molar-refractivity contribution in [1.29, 1.82) is 0 Å². The minimum atomic E-state index is -0.00455. The maximum Gasteiger partial charge on any atom is 0.191 e. The minimum Gasteiger partial charge on any atom is -0.497 e. The third-order valence-corrected chi connectivity index (χ3v) is 6.19. The van der Waals surface area contributed by atoms with Crippen molar-refractivity contribution < 1.29 is 14.6 Å². The molecule has 1 saturated heterocycles. The van der Waals surface area contributed by atoms with E-state index in [4.69, 9.17) is 14.5 Å². The van der Waals surface area contributed by atoms with Gasteiger partial charge in [0.25, 0.3) is 0 Å². The second kappa shape index (κ2) is 12.5. The molecular weight excluding hydrogens is 513 g/mol. The maximum atomic E-state index is 9.40. The lowest BCUT2D eigenvalue weighted by molar-refractivity contribution is 0.127. The first-order valence-corrected chi connectivity index (χ1v) is 11.0. The molecule has 1 aliphatic rings.